The van der Waals surface area contributed by atoms with Gasteiger partial charge in [0.15, 0.2) is 0 Å². The first-order valence-corrected chi connectivity index (χ1v) is 11.3. The molecule has 148 valence electrons. The van der Waals surface area contributed by atoms with Crippen LogP contribution in [0.1, 0.15) is 102 Å². The Morgan fingerprint density at radius 3 is 1.54 bits per heavy atom. The van der Waals surface area contributed by atoms with Crippen LogP contribution in [0.3, 0.4) is 0 Å². The van der Waals surface area contributed by atoms with Gasteiger partial charge in [0.1, 0.15) is 0 Å². The Kier molecular flexibility index (Phi) is 16.5. The van der Waals surface area contributed by atoms with E-state index in [1.807, 2.05) is 0 Å². The van der Waals surface area contributed by atoms with E-state index in [1.54, 1.807) is 0 Å². The number of rotatable bonds is 18. The van der Waals surface area contributed by atoms with Crippen LogP contribution >= 0.6 is 0 Å². The molecule has 1 rings (SSSR count). The molecular weight excluding hydrogens is 314 g/mol. The van der Waals surface area contributed by atoms with Crippen molar-refractivity contribution in [3.63, 3.8) is 0 Å². The van der Waals surface area contributed by atoms with Gasteiger partial charge in [0.05, 0.1) is 0 Å². The molecule has 0 aliphatic heterocycles. The second-order valence-electron chi connectivity index (χ2n) is 7.67. The topological polar surface area (TPSA) is 26.0 Å². The number of unbranched alkanes of at least 4 members (excludes halogenated alkanes) is 13. The van der Waals surface area contributed by atoms with Gasteiger partial charge in [-0.3, -0.25) is 0 Å². The normalized spacial score (nSPS) is 11.4. The summed E-state index contributed by atoms with van der Waals surface area (Å²) in [6.45, 7) is 0.858. The third-order valence-corrected chi connectivity index (χ3v) is 5.17. The minimum absolute atomic E-state index is 0.858. The van der Waals surface area contributed by atoms with Crippen LogP contribution in [0.15, 0.2) is 42.5 Å². The fraction of sp³-hybridized carbons (Fsp3) is 0.680. The molecule has 1 heteroatoms. The molecular formula is C25H43N. The van der Waals surface area contributed by atoms with Crippen molar-refractivity contribution in [2.45, 2.75) is 103 Å². The quantitative estimate of drug-likeness (QED) is 0.212. The lowest BCUT2D eigenvalue weighted by atomic mass is 10.0. The van der Waals surface area contributed by atoms with Crippen LogP contribution in [0.5, 0.6) is 0 Å². The highest BCUT2D eigenvalue weighted by Crippen LogP contribution is 2.12. The molecule has 0 spiro atoms. The minimum Gasteiger partial charge on any atom is -0.330 e. The third kappa shape index (κ3) is 15.2. The molecule has 0 aliphatic rings. The second-order valence-corrected chi connectivity index (χ2v) is 7.67. The first kappa shape index (κ1) is 23.0. The van der Waals surface area contributed by atoms with E-state index in [9.17, 15) is 0 Å². The van der Waals surface area contributed by atoms with E-state index < -0.39 is 0 Å². The van der Waals surface area contributed by atoms with Gasteiger partial charge in [0, 0.05) is 0 Å². The molecule has 0 heterocycles. The van der Waals surface area contributed by atoms with Crippen molar-refractivity contribution in [3.05, 3.63) is 48.0 Å². The number of hydrogen-bond donors (Lipinski definition) is 1. The summed E-state index contributed by atoms with van der Waals surface area (Å²) in [5, 5.41) is 0. The zero-order chi connectivity index (χ0) is 18.5. The van der Waals surface area contributed by atoms with Gasteiger partial charge in [-0.2, -0.15) is 0 Å². The molecule has 0 radical (unpaired) electrons. The summed E-state index contributed by atoms with van der Waals surface area (Å²) in [5.74, 6) is 0. The maximum atomic E-state index is 5.51. The van der Waals surface area contributed by atoms with Crippen molar-refractivity contribution in [3.8, 4) is 0 Å². The summed E-state index contributed by atoms with van der Waals surface area (Å²) in [4.78, 5) is 0. The molecule has 0 fully saturated rings. The lowest BCUT2D eigenvalue weighted by molar-refractivity contribution is 0.580. The first-order valence-electron chi connectivity index (χ1n) is 11.3. The molecule has 26 heavy (non-hydrogen) atoms. The Hall–Kier alpha value is -1.08. The molecule has 0 amide bonds. The SMILES string of the molecule is NCCCCCCCCC=CCCCCCCCCCc1ccccc1. The van der Waals surface area contributed by atoms with Crippen molar-refractivity contribution in [1.29, 1.82) is 0 Å². The number of aryl methyl sites for hydroxylation is 1. The Morgan fingerprint density at radius 2 is 1.00 bits per heavy atom. The van der Waals surface area contributed by atoms with Gasteiger partial charge in [0.25, 0.3) is 0 Å². The standard InChI is InChI=1S/C25H43N/c26-24-20-15-13-11-9-7-5-3-1-2-4-6-8-10-12-14-17-21-25-22-18-16-19-23-25/h1,3,16,18-19,22-23H,2,4-15,17,20-21,24,26H2. The zero-order valence-corrected chi connectivity index (χ0v) is 17.1. The van der Waals surface area contributed by atoms with E-state index >= 15 is 0 Å². The Bertz CT molecular complexity index is 409. The summed E-state index contributed by atoms with van der Waals surface area (Å²) in [5.41, 5.74) is 7.00. The second kappa shape index (κ2) is 18.7. The van der Waals surface area contributed by atoms with Crippen molar-refractivity contribution in [2.75, 3.05) is 6.54 Å². The van der Waals surface area contributed by atoms with Crippen LogP contribution in [-0.4, -0.2) is 6.54 Å². The highest BCUT2D eigenvalue weighted by Gasteiger charge is 1.94. The van der Waals surface area contributed by atoms with Crippen LogP contribution in [0.4, 0.5) is 0 Å². The number of hydrogen-bond acceptors (Lipinski definition) is 1. The Labute approximate surface area is 163 Å². The van der Waals surface area contributed by atoms with Crippen molar-refractivity contribution in [2.24, 2.45) is 5.73 Å². The molecule has 0 saturated carbocycles. The predicted octanol–water partition coefficient (Wildman–Crippen LogP) is 7.60. The summed E-state index contributed by atoms with van der Waals surface area (Å²) >= 11 is 0. The molecule has 0 atom stereocenters. The van der Waals surface area contributed by atoms with Gasteiger partial charge in [-0.1, -0.05) is 100 Å². The highest BCUT2D eigenvalue weighted by molar-refractivity contribution is 5.14. The summed E-state index contributed by atoms with van der Waals surface area (Å²) < 4.78 is 0. The van der Waals surface area contributed by atoms with Crippen molar-refractivity contribution >= 4 is 0 Å². The smallest absolute Gasteiger partial charge is 0.00773 e. The minimum atomic E-state index is 0.858. The highest BCUT2D eigenvalue weighted by atomic mass is 14.5. The molecule has 1 aromatic carbocycles. The molecule has 2 N–H and O–H groups in total. The van der Waals surface area contributed by atoms with Crippen LogP contribution in [0, 0.1) is 0 Å². The van der Waals surface area contributed by atoms with Gasteiger partial charge < -0.3 is 5.73 Å². The molecule has 0 aliphatic carbocycles. The molecule has 1 aromatic rings. The Balaban J connectivity index is 1.74. The van der Waals surface area contributed by atoms with Crippen molar-refractivity contribution < 1.29 is 0 Å². The summed E-state index contributed by atoms with van der Waals surface area (Å²) in [7, 11) is 0. The average Bonchev–Trinajstić information content (AvgIpc) is 2.68. The maximum absolute atomic E-state index is 5.51. The monoisotopic (exact) mass is 357 g/mol. The first-order chi connectivity index (χ1) is 12.9. The lowest BCUT2D eigenvalue weighted by Crippen LogP contribution is -1.97. The maximum Gasteiger partial charge on any atom is -0.00773 e. The van der Waals surface area contributed by atoms with E-state index in [-0.39, 0.29) is 0 Å². The molecule has 0 bridgehead atoms. The van der Waals surface area contributed by atoms with E-state index in [1.165, 1.54) is 108 Å². The van der Waals surface area contributed by atoms with Crippen LogP contribution < -0.4 is 5.73 Å². The lowest BCUT2D eigenvalue weighted by Gasteiger charge is -2.02. The van der Waals surface area contributed by atoms with E-state index in [4.69, 9.17) is 5.73 Å². The fourth-order valence-corrected chi connectivity index (χ4v) is 3.47. The molecule has 0 unspecified atom stereocenters. The van der Waals surface area contributed by atoms with Gasteiger partial charge in [0.2, 0.25) is 0 Å². The van der Waals surface area contributed by atoms with E-state index in [2.05, 4.69) is 42.5 Å². The molecule has 0 saturated heterocycles. The number of allylic oxidation sites excluding steroid dienone is 2. The van der Waals surface area contributed by atoms with Gasteiger partial charge in [-0.05, 0) is 57.1 Å². The average molecular weight is 358 g/mol. The zero-order valence-electron chi connectivity index (χ0n) is 17.1. The number of benzene rings is 1. The van der Waals surface area contributed by atoms with Crippen molar-refractivity contribution in [1.82, 2.24) is 0 Å². The van der Waals surface area contributed by atoms with Gasteiger partial charge >= 0.3 is 0 Å². The summed E-state index contributed by atoms with van der Waals surface area (Å²) in [6.07, 6.45) is 26.4. The van der Waals surface area contributed by atoms with E-state index in [0.29, 0.717) is 0 Å². The molecule has 1 nitrogen and oxygen atoms in total. The fourth-order valence-electron chi connectivity index (χ4n) is 3.47. The largest absolute Gasteiger partial charge is 0.330 e. The van der Waals surface area contributed by atoms with Gasteiger partial charge in [-0.15, -0.1) is 0 Å². The molecule has 0 aromatic heterocycles. The number of nitrogens with two attached hydrogens (primary N) is 1. The third-order valence-electron chi connectivity index (χ3n) is 5.17. The van der Waals surface area contributed by atoms with E-state index in [0.717, 1.165) is 6.54 Å². The summed E-state index contributed by atoms with van der Waals surface area (Å²) in [6, 6.07) is 10.9. The Morgan fingerprint density at radius 1 is 0.538 bits per heavy atom. The van der Waals surface area contributed by atoms with Gasteiger partial charge in [-0.25, -0.2) is 0 Å². The van der Waals surface area contributed by atoms with Crippen LogP contribution in [0.25, 0.3) is 0 Å². The predicted molar refractivity (Wildman–Crippen MR) is 118 cm³/mol. The van der Waals surface area contributed by atoms with Crippen LogP contribution in [-0.2, 0) is 6.42 Å². The van der Waals surface area contributed by atoms with Crippen LogP contribution in [0.2, 0.25) is 0 Å².